The van der Waals surface area contributed by atoms with Crippen LogP contribution in [0.1, 0.15) is 36.0 Å². The van der Waals surface area contributed by atoms with E-state index in [0.717, 1.165) is 25.9 Å². The molecule has 0 radical (unpaired) electrons. The van der Waals surface area contributed by atoms with E-state index in [1.54, 1.807) is 18.2 Å². The third-order valence-corrected chi connectivity index (χ3v) is 5.89. The van der Waals surface area contributed by atoms with Crippen LogP contribution >= 0.6 is 0 Å². The molecule has 1 aliphatic heterocycles. The Morgan fingerprint density at radius 1 is 1.19 bits per heavy atom. The summed E-state index contributed by atoms with van der Waals surface area (Å²) in [4.78, 5) is 13.9. The number of carbonyl (C=O) groups excluding carboxylic acids is 1. The van der Waals surface area contributed by atoms with Crippen LogP contribution in [0.15, 0.2) is 23.1 Å². The maximum Gasteiger partial charge on any atom is 0.250 e. The molecule has 0 unspecified atom stereocenters. The molecule has 21 heavy (non-hydrogen) atoms. The molecule has 0 bridgehead atoms. The Morgan fingerprint density at radius 2 is 1.81 bits per heavy atom. The van der Waals surface area contributed by atoms with E-state index < -0.39 is 15.7 Å². The number of piperidine rings is 1. The Morgan fingerprint density at radius 3 is 2.29 bits per heavy atom. The molecule has 0 aromatic heterocycles. The van der Waals surface area contributed by atoms with Crippen molar-refractivity contribution in [2.45, 2.75) is 30.6 Å². The van der Waals surface area contributed by atoms with Crippen molar-refractivity contribution in [2.24, 2.45) is 11.1 Å². The fraction of sp³-hybridized carbons (Fsp3) is 0.533. The number of para-hydroxylation sites is 1. The zero-order valence-electron chi connectivity index (χ0n) is 12.1. The van der Waals surface area contributed by atoms with Gasteiger partial charge in [-0.25, -0.2) is 8.42 Å². The van der Waals surface area contributed by atoms with Crippen LogP contribution < -0.4 is 10.6 Å². The highest BCUT2D eigenvalue weighted by atomic mass is 32.2. The summed E-state index contributed by atoms with van der Waals surface area (Å²) in [7, 11) is -3.40. The van der Waals surface area contributed by atoms with Crippen molar-refractivity contribution in [3.05, 3.63) is 23.8 Å². The molecule has 114 valence electrons. The van der Waals surface area contributed by atoms with Crippen LogP contribution in [0.5, 0.6) is 0 Å². The van der Waals surface area contributed by atoms with Gasteiger partial charge in [0.25, 0.3) is 5.91 Å². The van der Waals surface area contributed by atoms with Gasteiger partial charge in [0, 0.05) is 19.3 Å². The topological polar surface area (TPSA) is 80.5 Å². The van der Waals surface area contributed by atoms with Crippen LogP contribution in [0.2, 0.25) is 0 Å². The lowest BCUT2D eigenvalue weighted by Crippen LogP contribution is -2.36. The van der Waals surface area contributed by atoms with Crippen molar-refractivity contribution in [2.75, 3.05) is 24.2 Å². The first kappa shape index (κ1) is 14.4. The van der Waals surface area contributed by atoms with E-state index in [2.05, 4.69) is 0 Å². The number of anilines is 1. The Balaban J connectivity index is 2.04. The molecule has 1 saturated carbocycles. The Bertz CT molecular complexity index is 683. The second-order valence-corrected chi connectivity index (χ2v) is 8.26. The number of hydrogen-bond acceptors (Lipinski definition) is 4. The van der Waals surface area contributed by atoms with Crippen LogP contribution in [0.3, 0.4) is 0 Å². The van der Waals surface area contributed by atoms with E-state index in [0.29, 0.717) is 16.7 Å². The van der Waals surface area contributed by atoms with Gasteiger partial charge in [0.05, 0.1) is 16.1 Å². The van der Waals surface area contributed by atoms with E-state index in [4.69, 9.17) is 5.73 Å². The lowest BCUT2D eigenvalue weighted by molar-refractivity contribution is 0.100. The molecule has 1 amide bonds. The van der Waals surface area contributed by atoms with Crippen LogP contribution in [0, 0.1) is 5.41 Å². The number of nitrogens with zero attached hydrogens (tertiary/aromatic N) is 1. The normalized spacial score (nSPS) is 20.5. The third kappa shape index (κ3) is 2.64. The number of hydrogen-bond donors (Lipinski definition) is 1. The molecule has 1 saturated heterocycles. The van der Waals surface area contributed by atoms with Gasteiger partial charge in [-0.05, 0) is 43.2 Å². The fourth-order valence-electron chi connectivity index (χ4n) is 3.23. The molecule has 3 rings (SSSR count). The zero-order chi connectivity index (χ0) is 15.3. The van der Waals surface area contributed by atoms with Gasteiger partial charge in [0.1, 0.15) is 0 Å². The third-order valence-electron chi connectivity index (χ3n) is 4.76. The quantitative estimate of drug-likeness (QED) is 0.919. The Labute approximate surface area is 125 Å². The summed E-state index contributed by atoms with van der Waals surface area (Å²) in [6.07, 6.45) is 5.84. The SMILES string of the molecule is CS(=O)(=O)c1cccc(C(N)=O)c1N1CCC2(CC1)CC2. The van der Waals surface area contributed by atoms with Crippen molar-refractivity contribution in [1.29, 1.82) is 0 Å². The van der Waals surface area contributed by atoms with Gasteiger partial charge in [0.2, 0.25) is 0 Å². The number of sulfone groups is 1. The van der Waals surface area contributed by atoms with Crippen molar-refractivity contribution in [1.82, 2.24) is 0 Å². The first-order valence-electron chi connectivity index (χ1n) is 7.20. The summed E-state index contributed by atoms with van der Waals surface area (Å²) < 4.78 is 24.1. The number of carbonyl (C=O) groups is 1. The Kier molecular flexibility index (Phi) is 3.24. The minimum absolute atomic E-state index is 0.200. The van der Waals surface area contributed by atoms with Crippen molar-refractivity contribution >= 4 is 21.4 Å². The van der Waals surface area contributed by atoms with Gasteiger partial charge in [-0.3, -0.25) is 4.79 Å². The molecule has 1 aliphatic carbocycles. The average Bonchev–Trinajstić information content (AvgIpc) is 3.17. The molecule has 5 nitrogen and oxygen atoms in total. The highest BCUT2D eigenvalue weighted by molar-refractivity contribution is 7.90. The predicted molar refractivity (Wildman–Crippen MR) is 81.2 cm³/mol. The summed E-state index contributed by atoms with van der Waals surface area (Å²) in [6, 6.07) is 4.73. The maximum absolute atomic E-state index is 12.0. The van der Waals surface area contributed by atoms with Gasteiger partial charge in [-0.1, -0.05) is 6.07 Å². The minimum Gasteiger partial charge on any atom is -0.370 e. The Hall–Kier alpha value is -1.56. The molecule has 1 aromatic carbocycles. The van der Waals surface area contributed by atoms with E-state index in [9.17, 15) is 13.2 Å². The van der Waals surface area contributed by atoms with Gasteiger partial charge in [-0.15, -0.1) is 0 Å². The van der Waals surface area contributed by atoms with Crippen LogP contribution in [0.4, 0.5) is 5.69 Å². The van der Waals surface area contributed by atoms with Crippen LogP contribution in [-0.2, 0) is 9.84 Å². The smallest absolute Gasteiger partial charge is 0.250 e. The van der Waals surface area contributed by atoms with Gasteiger partial charge in [0.15, 0.2) is 9.84 Å². The summed E-state index contributed by atoms with van der Waals surface area (Å²) in [6.45, 7) is 1.57. The standard InChI is InChI=1S/C15H20N2O3S/c1-21(19,20)12-4-2-3-11(14(16)18)13(12)17-9-7-15(5-6-15)8-10-17/h2-4H,5-10H2,1H3,(H2,16,18). The maximum atomic E-state index is 12.0. The van der Waals surface area contributed by atoms with E-state index >= 15 is 0 Å². The molecule has 2 fully saturated rings. The lowest BCUT2D eigenvalue weighted by atomic mass is 9.93. The summed E-state index contributed by atoms with van der Waals surface area (Å²) in [5, 5.41) is 0. The van der Waals surface area contributed by atoms with Gasteiger partial charge >= 0.3 is 0 Å². The number of benzene rings is 1. The van der Waals surface area contributed by atoms with Crippen molar-refractivity contribution in [3.8, 4) is 0 Å². The molecule has 2 aliphatic rings. The van der Waals surface area contributed by atoms with Gasteiger partial charge in [-0.2, -0.15) is 0 Å². The van der Waals surface area contributed by atoms with E-state index in [1.807, 2.05) is 4.90 Å². The van der Waals surface area contributed by atoms with Crippen LogP contribution in [0.25, 0.3) is 0 Å². The molecule has 0 atom stereocenters. The lowest BCUT2D eigenvalue weighted by Gasteiger charge is -2.35. The second-order valence-electron chi connectivity index (χ2n) is 6.28. The summed E-state index contributed by atoms with van der Waals surface area (Å²) in [5.41, 5.74) is 6.71. The minimum atomic E-state index is -3.40. The predicted octanol–water partition coefficient (Wildman–Crippen LogP) is 1.57. The fourth-order valence-corrected chi connectivity index (χ4v) is 4.14. The number of rotatable bonds is 3. The molecule has 2 N–H and O–H groups in total. The molecule has 1 aromatic rings. The highest BCUT2D eigenvalue weighted by Crippen LogP contribution is 2.54. The average molecular weight is 308 g/mol. The molecule has 1 spiro atoms. The molecule has 6 heteroatoms. The van der Waals surface area contributed by atoms with Crippen molar-refractivity contribution in [3.63, 3.8) is 0 Å². The number of nitrogens with two attached hydrogens (primary N) is 1. The first-order valence-corrected chi connectivity index (χ1v) is 9.09. The van der Waals surface area contributed by atoms with Crippen LogP contribution in [-0.4, -0.2) is 33.7 Å². The van der Waals surface area contributed by atoms with Gasteiger partial charge < -0.3 is 10.6 Å². The largest absolute Gasteiger partial charge is 0.370 e. The molecular formula is C15H20N2O3S. The molecule has 1 heterocycles. The number of amides is 1. The highest BCUT2D eigenvalue weighted by Gasteiger charge is 2.45. The second kappa shape index (κ2) is 4.73. The first-order chi connectivity index (χ1) is 9.82. The summed E-state index contributed by atoms with van der Waals surface area (Å²) >= 11 is 0. The van der Waals surface area contributed by atoms with E-state index in [1.165, 1.54) is 19.1 Å². The van der Waals surface area contributed by atoms with E-state index in [-0.39, 0.29) is 4.90 Å². The number of primary amides is 1. The van der Waals surface area contributed by atoms with Crippen molar-refractivity contribution < 1.29 is 13.2 Å². The summed E-state index contributed by atoms with van der Waals surface area (Å²) in [5.74, 6) is -0.581. The monoisotopic (exact) mass is 308 g/mol. The molecular weight excluding hydrogens is 288 g/mol. The zero-order valence-corrected chi connectivity index (χ0v) is 12.9.